The lowest BCUT2D eigenvalue weighted by Gasteiger charge is -2.19. The van der Waals surface area contributed by atoms with Crippen molar-refractivity contribution in [2.45, 2.75) is 26.4 Å². The van der Waals surface area contributed by atoms with Crippen LogP contribution < -0.4 is 10.6 Å². The maximum Gasteiger partial charge on any atom is 0.412 e. The molecule has 0 spiro atoms. The molecule has 0 aliphatic carbocycles. The van der Waals surface area contributed by atoms with Gasteiger partial charge in [0.1, 0.15) is 11.4 Å². The summed E-state index contributed by atoms with van der Waals surface area (Å²) < 4.78 is 24.8. The summed E-state index contributed by atoms with van der Waals surface area (Å²) in [5.41, 5.74) is -1.51. The first-order valence-electron chi connectivity index (χ1n) is 9.31. The molecule has 0 unspecified atom stereocenters. The number of nitrogens with one attached hydrogen (secondary N) is 2. The maximum absolute atomic E-state index is 14.1. The van der Waals surface area contributed by atoms with E-state index in [1.165, 1.54) is 6.07 Å². The molecule has 0 aliphatic heterocycles. The van der Waals surface area contributed by atoms with E-state index < -0.39 is 29.4 Å². The average molecular weight is 455 g/mol. The molecule has 13 heteroatoms. The molecule has 33 heavy (non-hydrogen) atoms. The predicted molar refractivity (Wildman–Crippen MR) is 112 cm³/mol. The second-order valence-electron chi connectivity index (χ2n) is 7.53. The molecular weight excluding hydrogens is 437 g/mol. The van der Waals surface area contributed by atoms with Gasteiger partial charge in [-0.2, -0.15) is 0 Å². The van der Waals surface area contributed by atoms with Gasteiger partial charge < -0.3 is 14.8 Å². The summed E-state index contributed by atoms with van der Waals surface area (Å²) in [6, 6.07) is 3.16. The largest absolute Gasteiger partial charge is 0.465 e. The number of hydrogen-bond donors (Lipinski definition) is 2. The number of esters is 1. The van der Waals surface area contributed by atoms with E-state index in [4.69, 9.17) is 11.2 Å². The number of rotatable bonds is 4. The summed E-state index contributed by atoms with van der Waals surface area (Å²) >= 11 is 0. The van der Waals surface area contributed by atoms with Crippen LogP contribution >= 0.6 is 0 Å². The van der Waals surface area contributed by atoms with Crippen molar-refractivity contribution in [1.29, 1.82) is 0 Å². The Balaban J connectivity index is 1.98. The number of amides is 2. The summed E-state index contributed by atoms with van der Waals surface area (Å²) in [6.07, 6.45) is 4.46. The van der Waals surface area contributed by atoms with Gasteiger partial charge in [0.25, 0.3) is 5.91 Å². The number of nitrogens with zero attached hydrogens (tertiary/aromatic N) is 5. The van der Waals surface area contributed by atoms with Gasteiger partial charge in [-0.1, -0.05) is 5.92 Å². The van der Waals surface area contributed by atoms with Crippen LogP contribution in [0.25, 0.3) is 5.65 Å². The number of benzene rings is 1. The quantitative estimate of drug-likeness (QED) is 0.445. The number of tetrazole rings is 1. The zero-order valence-electron chi connectivity index (χ0n) is 18.0. The first-order chi connectivity index (χ1) is 15.5. The molecule has 2 heterocycles. The molecule has 12 nitrogen and oxygen atoms in total. The third-order valence-electron chi connectivity index (χ3n) is 3.96. The molecule has 0 saturated carbocycles. The molecule has 2 N–H and O–H groups in total. The number of ether oxygens (including phenoxy) is 2. The van der Waals surface area contributed by atoms with Crippen molar-refractivity contribution in [3.05, 3.63) is 40.8 Å². The van der Waals surface area contributed by atoms with Gasteiger partial charge >= 0.3 is 12.1 Å². The van der Waals surface area contributed by atoms with E-state index in [1.54, 1.807) is 20.8 Å². The molecule has 2 amide bonds. The van der Waals surface area contributed by atoms with Crippen molar-refractivity contribution in [2.24, 2.45) is 0 Å². The number of carbonyl (C=O) groups is 3. The Morgan fingerprint density at radius 2 is 1.88 bits per heavy atom. The van der Waals surface area contributed by atoms with Crippen LogP contribution in [-0.4, -0.2) is 55.9 Å². The molecule has 0 saturated heterocycles. The lowest BCUT2D eigenvalue weighted by atomic mass is 10.1. The van der Waals surface area contributed by atoms with Gasteiger partial charge in [-0.3, -0.25) is 10.1 Å². The number of hydrogen-bond acceptors (Lipinski definition) is 9. The van der Waals surface area contributed by atoms with Crippen molar-refractivity contribution in [1.82, 2.24) is 25.3 Å². The summed E-state index contributed by atoms with van der Waals surface area (Å²) in [5.74, 6) is -0.456. The van der Waals surface area contributed by atoms with E-state index in [0.29, 0.717) is 0 Å². The molecule has 170 valence electrons. The highest BCUT2D eigenvalue weighted by atomic mass is 19.1. The average Bonchev–Trinajstić information content (AvgIpc) is 3.21. The van der Waals surface area contributed by atoms with Gasteiger partial charge in [0.15, 0.2) is 5.69 Å². The Kier molecular flexibility index (Phi) is 6.20. The van der Waals surface area contributed by atoms with Crippen LogP contribution in [0.4, 0.5) is 20.6 Å². The molecule has 3 aromatic rings. The van der Waals surface area contributed by atoms with Crippen LogP contribution in [0, 0.1) is 18.2 Å². The standard InChI is InChI=1S/C20H18FN7O5/c1-6-10-7-13(11(8-12(10)21)18(30)32-5)22-17(29)15-9-14(16-24-26-27-28(16)25-15)23-19(31)33-20(2,3)4/h1,7-9H,2-5H3,(H,22,29)(H,23,31). The van der Waals surface area contributed by atoms with E-state index in [1.807, 2.05) is 0 Å². The van der Waals surface area contributed by atoms with Crippen molar-refractivity contribution in [3.8, 4) is 12.3 Å². The van der Waals surface area contributed by atoms with Crippen molar-refractivity contribution < 1.29 is 28.2 Å². The fourth-order valence-electron chi connectivity index (χ4n) is 2.61. The van der Waals surface area contributed by atoms with E-state index >= 15 is 0 Å². The third-order valence-corrected chi connectivity index (χ3v) is 3.96. The van der Waals surface area contributed by atoms with Crippen molar-refractivity contribution in [3.63, 3.8) is 0 Å². The normalized spacial score (nSPS) is 10.9. The van der Waals surface area contributed by atoms with Gasteiger partial charge in [0.2, 0.25) is 5.65 Å². The number of fused-ring (bicyclic) bond motifs is 1. The Morgan fingerprint density at radius 1 is 1.15 bits per heavy atom. The first-order valence-corrected chi connectivity index (χ1v) is 9.31. The fraction of sp³-hybridized carbons (Fsp3) is 0.250. The number of halogens is 1. The zero-order chi connectivity index (χ0) is 24.3. The first kappa shape index (κ1) is 23.1. The SMILES string of the molecule is C#Cc1cc(NC(=O)c2cc(NC(=O)OC(C)(C)C)c3nnnn3n2)c(C(=O)OC)cc1F. The van der Waals surface area contributed by atoms with Gasteiger partial charge in [-0.15, -0.1) is 21.3 Å². The fourth-order valence-corrected chi connectivity index (χ4v) is 2.61. The Hall–Kier alpha value is -4.60. The highest BCUT2D eigenvalue weighted by molar-refractivity contribution is 6.08. The minimum atomic E-state index is -0.899. The Labute approximate surface area is 186 Å². The van der Waals surface area contributed by atoms with Crippen molar-refractivity contribution >= 4 is 35.0 Å². The van der Waals surface area contributed by atoms with Crippen LogP contribution in [0.5, 0.6) is 0 Å². The third kappa shape index (κ3) is 5.18. The second-order valence-corrected chi connectivity index (χ2v) is 7.53. The number of aromatic nitrogens is 5. The summed E-state index contributed by atoms with van der Waals surface area (Å²) in [7, 11) is 1.10. The minimum Gasteiger partial charge on any atom is -0.465 e. The van der Waals surface area contributed by atoms with Crippen LogP contribution in [0.3, 0.4) is 0 Å². The molecule has 3 rings (SSSR count). The Morgan fingerprint density at radius 3 is 2.52 bits per heavy atom. The molecule has 0 bridgehead atoms. The van der Waals surface area contributed by atoms with Gasteiger partial charge in [-0.05, 0) is 49.4 Å². The molecule has 0 atom stereocenters. The van der Waals surface area contributed by atoms with Crippen LogP contribution in [0.15, 0.2) is 18.2 Å². The lowest BCUT2D eigenvalue weighted by Crippen LogP contribution is -2.27. The smallest absolute Gasteiger partial charge is 0.412 e. The highest BCUT2D eigenvalue weighted by Gasteiger charge is 2.22. The van der Waals surface area contributed by atoms with Crippen LogP contribution in [0.2, 0.25) is 0 Å². The zero-order valence-corrected chi connectivity index (χ0v) is 18.0. The van der Waals surface area contributed by atoms with E-state index in [-0.39, 0.29) is 33.8 Å². The summed E-state index contributed by atoms with van der Waals surface area (Å²) in [5, 5.41) is 19.7. The van der Waals surface area contributed by atoms with E-state index in [0.717, 1.165) is 23.9 Å². The van der Waals surface area contributed by atoms with Gasteiger partial charge in [0, 0.05) is 0 Å². The number of anilines is 2. The maximum atomic E-state index is 14.1. The topological polar surface area (TPSA) is 150 Å². The van der Waals surface area contributed by atoms with E-state index in [9.17, 15) is 18.8 Å². The van der Waals surface area contributed by atoms with Crippen molar-refractivity contribution in [2.75, 3.05) is 17.7 Å². The predicted octanol–water partition coefficient (Wildman–Crippen LogP) is 2.03. The number of carbonyl (C=O) groups excluding carboxylic acids is 3. The van der Waals surface area contributed by atoms with E-state index in [2.05, 4.69) is 41.9 Å². The minimum absolute atomic E-state index is 0.0333. The monoisotopic (exact) mass is 455 g/mol. The summed E-state index contributed by atoms with van der Waals surface area (Å²) in [4.78, 5) is 37.1. The number of terminal acetylenes is 1. The molecule has 2 aromatic heterocycles. The summed E-state index contributed by atoms with van der Waals surface area (Å²) in [6.45, 7) is 5.04. The Bertz CT molecular complexity index is 1310. The van der Waals surface area contributed by atoms with Gasteiger partial charge in [-0.25, -0.2) is 14.0 Å². The highest BCUT2D eigenvalue weighted by Crippen LogP contribution is 2.23. The second kappa shape index (κ2) is 8.87. The molecule has 0 radical (unpaired) electrons. The molecule has 0 aliphatic rings. The number of methoxy groups -OCH3 is 1. The lowest BCUT2D eigenvalue weighted by molar-refractivity contribution is 0.0598. The molecule has 0 fully saturated rings. The molecular formula is C20H18FN7O5. The van der Waals surface area contributed by atoms with Crippen LogP contribution in [0.1, 0.15) is 47.2 Å². The van der Waals surface area contributed by atoms with Crippen LogP contribution in [-0.2, 0) is 9.47 Å². The molecule has 1 aromatic carbocycles. The van der Waals surface area contributed by atoms with Gasteiger partial charge in [0.05, 0.1) is 29.6 Å².